The minimum absolute atomic E-state index is 0.0684. The van der Waals surface area contributed by atoms with Gasteiger partial charge in [0.25, 0.3) is 0 Å². The molecule has 1 aromatic heterocycles. The number of fused-ring (bicyclic) bond motifs is 1. The molecule has 1 aromatic carbocycles. The number of halogens is 2. The van der Waals surface area contributed by atoms with Gasteiger partial charge in [0.2, 0.25) is 11.8 Å². The SMILES string of the molecule is C[C@H](NC(=O)[C@H]1C[C@H](c2ccc(F)c(F)c2)CCN1)C(=O)NC1CCc2nc(N)ccc21. The number of rotatable bonds is 5. The van der Waals surface area contributed by atoms with Crippen molar-refractivity contribution in [1.29, 1.82) is 0 Å². The third-order valence-corrected chi connectivity index (χ3v) is 6.28. The fraction of sp³-hybridized carbons (Fsp3) is 0.435. The Morgan fingerprint density at radius 1 is 1.19 bits per heavy atom. The summed E-state index contributed by atoms with van der Waals surface area (Å²) in [5.74, 6) is -1.96. The standard InChI is InChI=1S/C23H27F2N5O2/c1-12(22(31)30-19-6-5-18-15(19)3-7-21(26)29-18)28-23(32)20-11-14(8-9-27-20)13-2-4-16(24)17(25)10-13/h2-4,7,10,12,14,19-20,27H,5-6,8-9,11H2,1H3,(H2,26,29)(H,28,32)(H,30,31)/t12-,14+,19?,20+/m0/s1. The predicted octanol–water partition coefficient (Wildman–Crippen LogP) is 2.09. The Balaban J connectivity index is 1.33. The van der Waals surface area contributed by atoms with E-state index in [1.54, 1.807) is 19.1 Å². The van der Waals surface area contributed by atoms with Crippen molar-refractivity contribution in [2.45, 2.75) is 56.7 Å². The van der Waals surface area contributed by atoms with Crippen molar-refractivity contribution in [2.75, 3.05) is 12.3 Å². The van der Waals surface area contributed by atoms with E-state index >= 15 is 0 Å². The molecule has 2 amide bonds. The van der Waals surface area contributed by atoms with Crippen molar-refractivity contribution < 1.29 is 18.4 Å². The van der Waals surface area contributed by atoms with E-state index < -0.39 is 23.7 Å². The number of anilines is 1. The van der Waals surface area contributed by atoms with Crippen LogP contribution in [0.4, 0.5) is 14.6 Å². The number of amides is 2. The number of nitrogens with one attached hydrogen (secondary N) is 3. The van der Waals surface area contributed by atoms with Crippen LogP contribution in [-0.2, 0) is 16.0 Å². The highest BCUT2D eigenvalue weighted by molar-refractivity contribution is 5.89. The van der Waals surface area contributed by atoms with Crippen LogP contribution < -0.4 is 21.7 Å². The van der Waals surface area contributed by atoms with Crippen LogP contribution in [-0.4, -0.2) is 35.4 Å². The van der Waals surface area contributed by atoms with Crippen LogP contribution in [0.1, 0.15) is 55.0 Å². The van der Waals surface area contributed by atoms with E-state index in [1.807, 2.05) is 6.07 Å². The molecule has 4 atom stereocenters. The number of nitrogen functional groups attached to an aromatic ring is 1. The third-order valence-electron chi connectivity index (χ3n) is 6.28. The molecule has 1 unspecified atom stereocenters. The van der Waals surface area contributed by atoms with Crippen molar-refractivity contribution in [2.24, 2.45) is 0 Å². The maximum Gasteiger partial charge on any atom is 0.242 e. The Kier molecular flexibility index (Phi) is 6.36. The maximum absolute atomic E-state index is 13.6. The first-order valence-corrected chi connectivity index (χ1v) is 10.9. The van der Waals surface area contributed by atoms with Gasteiger partial charge in [0.05, 0.1) is 12.1 Å². The second kappa shape index (κ2) is 9.20. The number of hydrogen-bond donors (Lipinski definition) is 4. The summed E-state index contributed by atoms with van der Waals surface area (Å²) in [6.45, 7) is 2.21. The molecule has 7 nitrogen and oxygen atoms in total. The highest BCUT2D eigenvalue weighted by atomic mass is 19.2. The number of carbonyl (C=O) groups excluding carboxylic acids is 2. The number of aromatic nitrogens is 1. The summed E-state index contributed by atoms with van der Waals surface area (Å²) in [6.07, 6.45) is 2.63. The molecule has 2 aromatic rings. The van der Waals surface area contributed by atoms with Gasteiger partial charge in [-0.1, -0.05) is 12.1 Å². The van der Waals surface area contributed by atoms with E-state index in [2.05, 4.69) is 20.9 Å². The zero-order valence-electron chi connectivity index (χ0n) is 17.8. The van der Waals surface area contributed by atoms with E-state index in [4.69, 9.17) is 5.73 Å². The molecule has 0 bridgehead atoms. The first-order valence-electron chi connectivity index (χ1n) is 10.9. The summed E-state index contributed by atoms with van der Waals surface area (Å²) < 4.78 is 26.8. The number of carbonyl (C=O) groups is 2. The van der Waals surface area contributed by atoms with E-state index in [9.17, 15) is 18.4 Å². The van der Waals surface area contributed by atoms with Crippen LogP contribution in [0.5, 0.6) is 0 Å². The monoisotopic (exact) mass is 443 g/mol. The van der Waals surface area contributed by atoms with E-state index in [-0.39, 0.29) is 23.8 Å². The molecule has 9 heteroatoms. The Morgan fingerprint density at radius 2 is 2.00 bits per heavy atom. The number of nitrogens with two attached hydrogens (primary N) is 1. The Bertz CT molecular complexity index is 1030. The maximum atomic E-state index is 13.6. The topological polar surface area (TPSA) is 109 Å². The molecule has 0 spiro atoms. The van der Waals surface area contributed by atoms with E-state index in [0.717, 1.165) is 30.2 Å². The van der Waals surface area contributed by atoms with Crippen molar-refractivity contribution in [3.05, 3.63) is 58.8 Å². The van der Waals surface area contributed by atoms with Gasteiger partial charge in [-0.2, -0.15) is 0 Å². The van der Waals surface area contributed by atoms with Gasteiger partial charge in [-0.05, 0) is 74.4 Å². The normalized spacial score (nSPS) is 23.3. The van der Waals surface area contributed by atoms with Gasteiger partial charge >= 0.3 is 0 Å². The van der Waals surface area contributed by atoms with Gasteiger partial charge in [0.1, 0.15) is 11.9 Å². The first-order chi connectivity index (χ1) is 15.3. The molecule has 0 saturated carbocycles. The molecule has 2 aliphatic rings. The largest absolute Gasteiger partial charge is 0.384 e. The van der Waals surface area contributed by atoms with Gasteiger partial charge in [0.15, 0.2) is 11.6 Å². The molecule has 0 radical (unpaired) electrons. The second-order valence-corrected chi connectivity index (χ2v) is 8.50. The highest BCUT2D eigenvalue weighted by Crippen LogP contribution is 2.31. The fourth-order valence-electron chi connectivity index (χ4n) is 4.50. The number of aryl methyl sites for hydroxylation is 1. The molecule has 32 heavy (non-hydrogen) atoms. The molecular weight excluding hydrogens is 416 g/mol. The summed E-state index contributed by atoms with van der Waals surface area (Å²) in [5.41, 5.74) is 8.24. The second-order valence-electron chi connectivity index (χ2n) is 8.50. The van der Waals surface area contributed by atoms with Gasteiger partial charge in [-0.25, -0.2) is 13.8 Å². The van der Waals surface area contributed by atoms with Crippen LogP contribution >= 0.6 is 0 Å². The molecule has 1 aliphatic carbocycles. The molecule has 1 saturated heterocycles. The molecule has 170 valence electrons. The first kappa shape index (κ1) is 22.1. The summed E-state index contributed by atoms with van der Waals surface area (Å²) in [7, 11) is 0. The lowest BCUT2D eigenvalue weighted by Crippen LogP contribution is -2.53. The lowest BCUT2D eigenvalue weighted by molar-refractivity contribution is -0.130. The van der Waals surface area contributed by atoms with E-state index in [0.29, 0.717) is 30.8 Å². The number of nitrogens with zero attached hydrogens (tertiary/aromatic N) is 1. The van der Waals surface area contributed by atoms with Crippen LogP contribution in [0.15, 0.2) is 30.3 Å². The average Bonchev–Trinajstić information content (AvgIpc) is 3.17. The van der Waals surface area contributed by atoms with E-state index in [1.165, 1.54) is 6.07 Å². The zero-order chi connectivity index (χ0) is 22.8. The quantitative estimate of drug-likeness (QED) is 0.566. The van der Waals surface area contributed by atoms with Gasteiger partial charge in [-0.15, -0.1) is 0 Å². The van der Waals surface area contributed by atoms with Crippen molar-refractivity contribution in [1.82, 2.24) is 20.9 Å². The number of piperidine rings is 1. The number of pyridine rings is 1. The van der Waals surface area contributed by atoms with Crippen LogP contribution in [0, 0.1) is 11.6 Å². The fourth-order valence-corrected chi connectivity index (χ4v) is 4.50. The van der Waals surface area contributed by atoms with Crippen LogP contribution in [0.2, 0.25) is 0 Å². The van der Waals surface area contributed by atoms with Gasteiger partial charge in [-0.3, -0.25) is 9.59 Å². The molecule has 5 N–H and O–H groups in total. The summed E-state index contributed by atoms with van der Waals surface area (Å²) in [6, 6.07) is 6.06. The highest BCUT2D eigenvalue weighted by Gasteiger charge is 2.31. The molecule has 2 heterocycles. The summed E-state index contributed by atoms with van der Waals surface area (Å²) in [5, 5.41) is 8.89. The van der Waals surface area contributed by atoms with Crippen molar-refractivity contribution in [3.63, 3.8) is 0 Å². The zero-order valence-corrected chi connectivity index (χ0v) is 17.8. The van der Waals surface area contributed by atoms with Crippen LogP contribution in [0.3, 0.4) is 0 Å². The Labute approximate surface area is 185 Å². The molecule has 4 rings (SSSR count). The minimum atomic E-state index is -0.890. The molecule has 1 aliphatic heterocycles. The number of benzene rings is 1. The summed E-state index contributed by atoms with van der Waals surface area (Å²) >= 11 is 0. The minimum Gasteiger partial charge on any atom is -0.384 e. The lowest BCUT2D eigenvalue weighted by Gasteiger charge is -2.30. The smallest absolute Gasteiger partial charge is 0.242 e. The summed E-state index contributed by atoms with van der Waals surface area (Å²) in [4.78, 5) is 29.8. The number of hydrogen-bond acceptors (Lipinski definition) is 5. The van der Waals surface area contributed by atoms with Crippen LogP contribution in [0.25, 0.3) is 0 Å². The molecular formula is C23H27F2N5O2. The predicted molar refractivity (Wildman–Crippen MR) is 116 cm³/mol. The molecule has 1 fully saturated rings. The van der Waals surface area contributed by atoms with Crippen molar-refractivity contribution in [3.8, 4) is 0 Å². The third kappa shape index (κ3) is 4.72. The Morgan fingerprint density at radius 3 is 2.78 bits per heavy atom. The average molecular weight is 443 g/mol. The van der Waals surface area contributed by atoms with Gasteiger partial charge in [0, 0.05) is 5.69 Å². The Hall–Kier alpha value is -3.07. The van der Waals surface area contributed by atoms with Gasteiger partial charge < -0.3 is 21.7 Å². The lowest BCUT2D eigenvalue weighted by atomic mass is 9.86. The van der Waals surface area contributed by atoms with Crippen molar-refractivity contribution >= 4 is 17.6 Å².